The zero-order chi connectivity index (χ0) is 20.8. The predicted octanol–water partition coefficient (Wildman–Crippen LogP) is 4.90. The van der Waals surface area contributed by atoms with Gasteiger partial charge in [0.1, 0.15) is 5.01 Å². The number of nitrogens with one attached hydrogen (secondary N) is 1. The molecule has 0 aliphatic rings. The molecule has 1 N–H and O–H groups in total. The van der Waals surface area contributed by atoms with Gasteiger partial charge in [-0.2, -0.15) is 0 Å². The van der Waals surface area contributed by atoms with Crippen LogP contribution in [0.3, 0.4) is 0 Å². The highest BCUT2D eigenvalue weighted by atomic mass is 32.1. The van der Waals surface area contributed by atoms with Crippen LogP contribution >= 0.6 is 11.3 Å². The van der Waals surface area contributed by atoms with Crippen LogP contribution in [0.4, 0.5) is 5.69 Å². The van der Waals surface area contributed by atoms with Crippen molar-refractivity contribution in [3.63, 3.8) is 0 Å². The summed E-state index contributed by atoms with van der Waals surface area (Å²) in [6.07, 6.45) is 1.75. The van der Waals surface area contributed by atoms with E-state index in [-0.39, 0.29) is 12.5 Å². The summed E-state index contributed by atoms with van der Waals surface area (Å²) in [4.78, 5) is 21.3. The van der Waals surface area contributed by atoms with Crippen LogP contribution in [0.15, 0.2) is 78.3 Å². The lowest BCUT2D eigenvalue weighted by molar-refractivity contribution is -0.118. The van der Waals surface area contributed by atoms with E-state index in [1.807, 2.05) is 60.0 Å². The minimum absolute atomic E-state index is 0.120. The van der Waals surface area contributed by atoms with E-state index in [9.17, 15) is 4.79 Å². The monoisotopic (exact) mass is 417 g/mol. The third-order valence-electron chi connectivity index (χ3n) is 4.26. The number of benzene rings is 2. The first-order chi connectivity index (χ1) is 14.7. The number of hydrogen-bond donors (Lipinski definition) is 1. The fourth-order valence-corrected chi connectivity index (χ4v) is 3.65. The quantitative estimate of drug-likeness (QED) is 0.463. The van der Waals surface area contributed by atoms with Gasteiger partial charge in [-0.25, -0.2) is 4.98 Å². The molecule has 2 heterocycles. The summed E-state index contributed by atoms with van der Waals surface area (Å²) < 4.78 is 10.8. The maximum absolute atomic E-state index is 12.3. The molecule has 0 aliphatic carbocycles. The summed E-state index contributed by atoms with van der Waals surface area (Å²) in [5.41, 5.74) is 3.26. The average Bonchev–Trinajstić information content (AvgIpc) is 3.29. The largest absolute Gasteiger partial charge is 0.493 e. The fraction of sp³-hybridized carbons (Fsp3) is 0.0870. The van der Waals surface area contributed by atoms with Crippen molar-refractivity contribution in [2.75, 3.05) is 19.0 Å². The first-order valence-electron chi connectivity index (χ1n) is 9.26. The lowest BCUT2D eigenvalue weighted by Gasteiger charge is -2.11. The number of para-hydroxylation sites is 2. The predicted molar refractivity (Wildman–Crippen MR) is 118 cm³/mol. The first kappa shape index (κ1) is 19.6. The Morgan fingerprint density at radius 2 is 1.83 bits per heavy atom. The molecule has 4 aromatic rings. The van der Waals surface area contributed by atoms with Crippen LogP contribution in [-0.4, -0.2) is 29.6 Å². The molecule has 4 rings (SSSR count). The number of anilines is 1. The Morgan fingerprint density at radius 3 is 2.63 bits per heavy atom. The molecule has 0 saturated heterocycles. The number of hydrogen-bond acceptors (Lipinski definition) is 6. The van der Waals surface area contributed by atoms with Crippen LogP contribution in [0.2, 0.25) is 0 Å². The Kier molecular flexibility index (Phi) is 6.01. The summed E-state index contributed by atoms with van der Waals surface area (Å²) in [7, 11) is 1.56. The van der Waals surface area contributed by atoms with Crippen molar-refractivity contribution in [3.8, 4) is 33.5 Å². The molecular formula is C23H19N3O3S. The lowest BCUT2D eigenvalue weighted by atomic mass is 10.1. The highest BCUT2D eigenvalue weighted by molar-refractivity contribution is 7.13. The molecule has 0 radical (unpaired) electrons. The molecule has 6 nitrogen and oxygen atoms in total. The number of ether oxygens (including phenoxy) is 2. The second-order valence-corrected chi connectivity index (χ2v) is 7.18. The number of carbonyl (C=O) groups is 1. The van der Waals surface area contributed by atoms with Crippen molar-refractivity contribution in [2.24, 2.45) is 0 Å². The van der Waals surface area contributed by atoms with Crippen LogP contribution in [0.1, 0.15) is 0 Å². The van der Waals surface area contributed by atoms with Crippen molar-refractivity contribution in [1.29, 1.82) is 0 Å². The number of carbonyl (C=O) groups excluding carboxylic acids is 1. The molecule has 0 bridgehead atoms. The topological polar surface area (TPSA) is 73.3 Å². The molecule has 0 saturated carbocycles. The van der Waals surface area contributed by atoms with Crippen molar-refractivity contribution in [2.45, 2.75) is 0 Å². The van der Waals surface area contributed by atoms with Gasteiger partial charge in [-0.15, -0.1) is 11.3 Å². The van der Waals surface area contributed by atoms with Crippen molar-refractivity contribution < 1.29 is 14.3 Å². The fourth-order valence-electron chi connectivity index (χ4n) is 2.85. The molecule has 7 heteroatoms. The second-order valence-electron chi connectivity index (χ2n) is 6.32. The van der Waals surface area contributed by atoms with Gasteiger partial charge in [-0.1, -0.05) is 30.3 Å². The van der Waals surface area contributed by atoms with Crippen LogP contribution in [0, 0.1) is 0 Å². The summed E-state index contributed by atoms with van der Waals surface area (Å²) >= 11 is 1.53. The van der Waals surface area contributed by atoms with Gasteiger partial charge in [-0.05, 0) is 36.4 Å². The van der Waals surface area contributed by atoms with E-state index in [2.05, 4.69) is 15.3 Å². The Hall–Kier alpha value is -3.71. The standard InChI is InChI=1S/C23H19N3O3S/c1-28-20-10-2-3-11-21(20)29-14-22(27)25-17-8-6-7-16(13-17)19-15-30-23(26-19)18-9-4-5-12-24-18/h2-13,15H,14H2,1H3,(H,25,27). The number of rotatable bonds is 7. The van der Waals surface area contributed by atoms with Gasteiger partial charge in [-0.3, -0.25) is 9.78 Å². The number of amides is 1. The third-order valence-corrected chi connectivity index (χ3v) is 5.12. The van der Waals surface area contributed by atoms with Crippen LogP contribution in [0.25, 0.3) is 22.0 Å². The van der Waals surface area contributed by atoms with Crippen LogP contribution < -0.4 is 14.8 Å². The molecular weight excluding hydrogens is 398 g/mol. The Balaban J connectivity index is 1.42. The van der Waals surface area contributed by atoms with Gasteiger partial charge in [0.15, 0.2) is 18.1 Å². The lowest BCUT2D eigenvalue weighted by Crippen LogP contribution is -2.20. The van der Waals surface area contributed by atoms with Crippen molar-refractivity contribution in [3.05, 3.63) is 78.3 Å². The number of thiazole rings is 1. The molecule has 0 atom stereocenters. The third kappa shape index (κ3) is 4.64. The summed E-state index contributed by atoms with van der Waals surface area (Å²) in [5.74, 6) is 0.846. The Labute approximate surface area is 178 Å². The zero-order valence-corrected chi connectivity index (χ0v) is 17.1. The first-order valence-corrected chi connectivity index (χ1v) is 10.1. The average molecular weight is 417 g/mol. The maximum Gasteiger partial charge on any atom is 0.262 e. The molecule has 150 valence electrons. The molecule has 0 unspecified atom stereocenters. The Bertz CT molecular complexity index is 1150. The van der Waals surface area contributed by atoms with Crippen LogP contribution in [0.5, 0.6) is 11.5 Å². The van der Waals surface area contributed by atoms with E-state index in [0.29, 0.717) is 17.2 Å². The number of pyridine rings is 1. The Morgan fingerprint density at radius 1 is 1.00 bits per heavy atom. The molecule has 0 fully saturated rings. The van der Waals surface area contributed by atoms with E-state index < -0.39 is 0 Å². The van der Waals surface area contributed by atoms with E-state index in [0.717, 1.165) is 22.0 Å². The minimum Gasteiger partial charge on any atom is -0.493 e. The molecule has 1 amide bonds. The van der Waals surface area contributed by atoms with Gasteiger partial charge < -0.3 is 14.8 Å². The maximum atomic E-state index is 12.3. The van der Waals surface area contributed by atoms with Gasteiger partial charge in [0.25, 0.3) is 5.91 Å². The van der Waals surface area contributed by atoms with E-state index in [4.69, 9.17) is 9.47 Å². The SMILES string of the molecule is COc1ccccc1OCC(=O)Nc1cccc(-c2csc(-c3ccccn3)n2)c1. The summed E-state index contributed by atoms with van der Waals surface area (Å²) in [5, 5.41) is 5.69. The highest BCUT2D eigenvalue weighted by Gasteiger charge is 2.10. The van der Waals surface area contributed by atoms with E-state index >= 15 is 0 Å². The van der Waals surface area contributed by atoms with Gasteiger partial charge in [0, 0.05) is 22.8 Å². The number of methoxy groups -OCH3 is 1. The molecule has 2 aromatic carbocycles. The minimum atomic E-state index is -0.259. The second kappa shape index (κ2) is 9.19. The summed E-state index contributed by atoms with van der Waals surface area (Å²) in [6, 6.07) is 20.5. The zero-order valence-electron chi connectivity index (χ0n) is 16.2. The van der Waals surface area contributed by atoms with Gasteiger partial charge in [0.2, 0.25) is 0 Å². The number of aromatic nitrogens is 2. The van der Waals surface area contributed by atoms with Crippen molar-refractivity contribution >= 4 is 22.9 Å². The van der Waals surface area contributed by atoms with Crippen molar-refractivity contribution in [1.82, 2.24) is 9.97 Å². The molecule has 30 heavy (non-hydrogen) atoms. The normalized spacial score (nSPS) is 10.4. The molecule has 0 aliphatic heterocycles. The molecule has 2 aromatic heterocycles. The van der Waals surface area contributed by atoms with Crippen LogP contribution in [-0.2, 0) is 4.79 Å². The molecule has 0 spiro atoms. The highest BCUT2D eigenvalue weighted by Crippen LogP contribution is 2.29. The van der Waals surface area contributed by atoms with E-state index in [1.165, 1.54) is 11.3 Å². The summed E-state index contributed by atoms with van der Waals surface area (Å²) in [6.45, 7) is -0.120. The number of nitrogens with zero attached hydrogens (tertiary/aromatic N) is 2. The van der Waals surface area contributed by atoms with Gasteiger partial charge in [0.05, 0.1) is 18.5 Å². The van der Waals surface area contributed by atoms with Gasteiger partial charge >= 0.3 is 0 Å². The smallest absolute Gasteiger partial charge is 0.262 e. The van der Waals surface area contributed by atoms with E-state index in [1.54, 1.807) is 25.4 Å².